The van der Waals surface area contributed by atoms with E-state index < -0.39 is 5.60 Å². The molecule has 1 heterocycles. The highest BCUT2D eigenvalue weighted by atomic mass is 79.9. The molecule has 196 valence electrons. The largest absolute Gasteiger partial charge is 0.444 e. The Balaban J connectivity index is 2.12. The van der Waals surface area contributed by atoms with Crippen LogP contribution in [0.25, 0.3) is 5.57 Å². The molecule has 1 saturated heterocycles. The quantitative estimate of drug-likeness (QED) is 0.142. The Bertz CT molecular complexity index is 980. The molecule has 1 aliphatic heterocycles. The van der Waals surface area contributed by atoms with Crippen LogP contribution in [0, 0.1) is 0 Å². The van der Waals surface area contributed by atoms with E-state index in [1.54, 1.807) is 11.0 Å². The van der Waals surface area contributed by atoms with Crippen LogP contribution in [0.15, 0.2) is 66.5 Å². The Kier molecular flexibility index (Phi) is 11.7. The molecule has 1 aromatic carbocycles. The van der Waals surface area contributed by atoms with Gasteiger partial charge in [0.2, 0.25) is 0 Å². The maximum absolute atomic E-state index is 12.3. The Morgan fingerprint density at radius 3 is 2.31 bits per heavy atom. The van der Waals surface area contributed by atoms with Gasteiger partial charge in [-0.1, -0.05) is 76.7 Å². The Hall–Kier alpha value is -2.64. The molecular weight excluding hydrogens is 520 g/mol. The third kappa shape index (κ3) is 9.78. The van der Waals surface area contributed by atoms with Crippen LogP contribution in [0.3, 0.4) is 0 Å². The van der Waals surface area contributed by atoms with E-state index >= 15 is 0 Å². The molecule has 1 unspecified atom stereocenters. The van der Waals surface area contributed by atoms with Crippen molar-refractivity contribution >= 4 is 34.1 Å². The van der Waals surface area contributed by atoms with Gasteiger partial charge in [-0.2, -0.15) is 0 Å². The van der Waals surface area contributed by atoms with Crippen LogP contribution >= 0.6 is 15.9 Å². The van der Waals surface area contributed by atoms with Gasteiger partial charge in [0.05, 0.1) is 4.83 Å². The second-order valence-electron chi connectivity index (χ2n) is 9.92. The van der Waals surface area contributed by atoms with Gasteiger partial charge in [-0.15, -0.1) is 0 Å². The van der Waals surface area contributed by atoms with Crippen molar-refractivity contribution in [2.24, 2.45) is 0 Å². The van der Waals surface area contributed by atoms with Crippen molar-refractivity contribution < 1.29 is 19.1 Å². The summed E-state index contributed by atoms with van der Waals surface area (Å²) in [6.07, 6.45) is 7.99. The molecule has 0 aromatic heterocycles. The number of piperazine rings is 1. The van der Waals surface area contributed by atoms with Crippen molar-refractivity contribution in [2.75, 3.05) is 26.2 Å². The van der Waals surface area contributed by atoms with Gasteiger partial charge in [-0.05, 0) is 52.2 Å². The SMILES string of the molecule is C=C/C=C\C=C(\C)C/C(=C(\OC=O)C(C)Br)c1ccc(CN2CCN(C(=O)OC(C)(C)C)CC2)cc1. The highest BCUT2D eigenvalue weighted by Gasteiger charge is 2.26. The molecule has 6 nitrogen and oxygen atoms in total. The first-order chi connectivity index (χ1) is 17.0. The monoisotopic (exact) mass is 558 g/mol. The lowest BCUT2D eigenvalue weighted by atomic mass is 9.95. The summed E-state index contributed by atoms with van der Waals surface area (Å²) >= 11 is 3.57. The van der Waals surface area contributed by atoms with Gasteiger partial charge in [0.1, 0.15) is 11.4 Å². The second kappa shape index (κ2) is 14.2. The van der Waals surface area contributed by atoms with Crippen molar-refractivity contribution in [3.05, 3.63) is 77.6 Å². The van der Waals surface area contributed by atoms with E-state index in [1.165, 1.54) is 5.56 Å². The summed E-state index contributed by atoms with van der Waals surface area (Å²) in [6.45, 7) is 17.5. The number of carbonyl (C=O) groups is 2. The number of amides is 1. The molecule has 0 saturated carbocycles. The number of hydrogen-bond donors (Lipinski definition) is 0. The molecular formula is C29H39BrN2O4. The molecule has 36 heavy (non-hydrogen) atoms. The number of allylic oxidation sites excluding steroid dienone is 7. The summed E-state index contributed by atoms with van der Waals surface area (Å²) < 4.78 is 10.9. The summed E-state index contributed by atoms with van der Waals surface area (Å²) in [7, 11) is 0. The van der Waals surface area contributed by atoms with Gasteiger partial charge >= 0.3 is 6.09 Å². The van der Waals surface area contributed by atoms with Crippen molar-refractivity contribution in [1.29, 1.82) is 0 Å². The van der Waals surface area contributed by atoms with Crippen LogP contribution in [0.1, 0.15) is 52.2 Å². The van der Waals surface area contributed by atoms with Crippen LogP contribution in [0.5, 0.6) is 0 Å². The zero-order chi connectivity index (χ0) is 26.7. The smallest absolute Gasteiger partial charge is 0.410 e. The third-order valence-electron chi connectivity index (χ3n) is 5.65. The fraction of sp³-hybridized carbons (Fsp3) is 0.448. The van der Waals surface area contributed by atoms with Gasteiger partial charge in [0.25, 0.3) is 6.47 Å². The molecule has 0 aliphatic carbocycles. The number of alkyl halides is 1. The molecule has 1 aliphatic rings. The number of halogens is 1. The summed E-state index contributed by atoms with van der Waals surface area (Å²) in [6, 6.07) is 8.39. The summed E-state index contributed by atoms with van der Waals surface area (Å²) in [5.41, 5.74) is 3.81. The Morgan fingerprint density at radius 1 is 1.14 bits per heavy atom. The summed E-state index contributed by atoms with van der Waals surface area (Å²) in [5.74, 6) is 0.608. The number of ether oxygens (including phenoxy) is 2. The molecule has 1 aromatic rings. The van der Waals surface area contributed by atoms with Crippen molar-refractivity contribution in [2.45, 2.75) is 58.0 Å². The van der Waals surface area contributed by atoms with E-state index in [-0.39, 0.29) is 10.9 Å². The number of hydrogen-bond acceptors (Lipinski definition) is 5. The normalized spacial score (nSPS) is 16.9. The number of benzene rings is 1. The lowest BCUT2D eigenvalue weighted by Gasteiger charge is -2.35. The fourth-order valence-electron chi connectivity index (χ4n) is 3.91. The minimum atomic E-state index is -0.483. The van der Waals surface area contributed by atoms with Gasteiger partial charge < -0.3 is 14.4 Å². The first kappa shape index (κ1) is 29.6. The average molecular weight is 560 g/mol. The van der Waals surface area contributed by atoms with Crippen LogP contribution in [0.4, 0.5) is 4.79 Å². The van der Waals surface area contributed by atoms with E-state index in [0.29, 0.717) is 31.7 Å². The third-order valence-corrected chi connectivity index (χ3v) is 6.07. The highest BCUT2D eigenvalue weighted by molar-refractivity contribution is 9.09. The average Bonchev–Trinajstić information content (AvgIpc) is 2.81. The summed E-state index contributed by atoms with van der Waals surface area (Å²) in [4.78, 5) is 27.5. The van der Waals surface area contributed by atoms with E-state index in [0.717, 1.165) is 36.3 Å². The Labute approximate surface area is 224 Å². The summed E-state index contributed by atoms with van der Waals surface area (Å²) in [5, 5.41) is 0. The van der Waals surface area contributed by atoms with Crippen LogP contribution in [-0.4, -0.2) is 59.0 Å². The molecule has 2 rings (SSSR count). The Morgan fingerprint density at radius 2 is 1.78 bits per heavy atom. The predicted octanol–water partition coefficient (Wildman–Crippen LogP) is 6.49. The van der Waals surface area contributed by atoms with Crippen molar-refractivity contribution in [3.8, 4) is 0 Å². The first-order valence-electron chi connectivity index (χ1n) is 12.3. The fourth-order valence-corrected chi connectivity index (χ4v) is 4.29. The number of nitrogens with zero attached hydrogens (tertiary/aromatic N) is 2. The number of carbonyl (C=O) groups excluding carboxylic acids is 2. The van der Waals surface area contributed by atoms with Gasteiger partial charge in [-0.25, -0.2) is 4.79 Å². The first-order valence-corrected chi connectivity index (χ1v) is 13.2. The molecule has 0 spiro atoms. The lowest BCUT2D eigenvalue weighted by Crippen LogP contribution is -2.49. The van der Waals surface area contributed by atoms with Crippen LogP contribution < -0.4 is 0 Å². The van der Waals surface area contributed by atoms with E-state index in [9.17, 15) is 9.59 Å². The van der Waals surface area contributed by atoms with Gasteiger partial charge in [0, 0.05) is 38.3 Å². The molecule has 1 fully saturated rings. The van der Waals surface area contributed by atoms with Gasteiger partial charge in [0.15, 0.2) is 0 Å². The maximum Gasteiger partial charge on any atom is 0.410 e. The molecule has 1 amide bonds. The lowest BCUT2D eigenvalue weighted by molar-refractivity contribution is -0.125. The maximum atomic E-state index is 12.3. The molecule has 0 N–H and O–H groups in total. The predicted molar refractivity (Wildman–Crippen MR) is 150 cm³/mol. The van der Waals surface area contributed by atoms with Gasteiger partial charge in [-0.3, -0.25) is 9.69 Å². The van der Waals surface area contributed by atoms with Crippen LogP contribution in [-0.2, 0) is 20.8 Å². The van der Waals surface area contributed by atoms with Crippen molar-refractivity contribution in [1.82, 2.24) is 9.80 Å². The standard InChI is InChI=1S/C29H39BrN2O4/c1-7-8-9-10-22(2)19-26(27(23(3)30)35-21-33)25-13-11-24(12-14-25)20-31-15-17-32(18-16-31)28(34)36-29(4,5)6/h7-14,21,23H,1,15-20H2,2-6H3/b9-8-,22-10-,27-26+. The minimum Gasteiger partial charge on any atom is -0.444 e. The highest BCUT2D eigenvalue weighted by Crippen LogP contribution is 2.31. The molecule has 7 heteroatoms. The van der Waals surface area contributed by atoms with Crippen molar-refractivity contribution in [3.63, 3.8) is 0 Å². The molecule has 0 radical (unpaired) electrons. The zero-order valence-electron chi connectivity index (χ0n) is 22.1. The molecule has 0 bridgehead atoms. The number of rotatable bonds is 10. The van der Waals surface area contributed by atoms with Crippen LogP contribution in [0.2, 0.25) is 0 Å². The van der Waals surface area contributed by atoms with E-state index in [2.05, 4.69) is 58.6 Å². The molecule has 1 atom stereocenters. The second-order valence-corrected chi connectivity index (χ2v) is 11.3. The van der Waals surface area contributed by atoms with E-state index in [4.69, 9.17) is 9.47 Å². The zero-order valence-corrected chi connectivity index (χ0v) is 23.7. The van der Waals surface area contributed by atoms with E-state index in [1.807, 2.05) is 45.9 Å². The minimum absolute atomic E-state index is 0.116. The topological polar surface area (TPSA) is 59.1 Å².